The van der Waals surface area contributed by atoms with E-state index in [1.54, 1.807) is 6.26 Å². The van der Waals surface area contributed by atoms with Gasteiger partial charge in [0.2, 0.25) is 0 Å². The topological polar surface area (TPSA) is 47.3 Å². The fourth-order valence-corrected chi connectivity index (χ4v) is 0.978. The highest BCUT2D eigenvalue weighted by Gasteiger charge is 2.19. The third-order valence-electron chi connectivity index (χ3n) is 2.30. The maximum Gasteiger partial charge on any atom is 0.394 e. The quantitative estimate of drug-likeness (QED) is 0.786. The Morgan fingerprint density at radius 1 is 1.47 bits per heavy atom. The van der Waals surface area contributed by atoms with Gasteiger partial charge in [0.25, 0.3) is 0 Å². The Hall–Kier alpha value is -1.03. The lowest BCUT2D eigenvalue weighted by molar-refractivity contribution is 0.0666. The van der Waals surface area contributed by atoms with Gasteiger partial charge in [-0.05, 0) is 26.8 Å². The first-order valence-corrected chi connectivity index (χ1v) is 5.41. The van der Waals surface area contributed by atoms with Crippen molar-refractivity contribution in [1.82, 2.24) is 10.3 Å². The van der Waals surface area contributed by atoms with Crippen molar-refractivity contribution in [3.8, 4) is 6.08 Å². The fourth-order valence-electron chi connectivity index (χ4n) is 0.978. The van der Waals surface area contributed by atoms with Crippen LogP contribution in [-0.4, -0.2) is 17.1 Å². The van der Waals surface area contributed by atoms with Gasteiger partial charge in [-0.2, -0.15) is 4.98 Å². The highest BCUT2D eigenvalue weighted by molar-refractivity contribution is 5.00. The number of hydrogen-bond acceptors (Lipinski definition) is 4. The normalized spacial score (nSPS) is 11.7. The third-order valence-corrected chi connectivity index (χ3v) is 2.30. The Balaban J connectivity index is 2.52. The van der Waals surface area contributed by atoms with Gasteiger partial charge in [0.1, 0.15) is 11.9 Å². The molecule has 4 nitrogen and oxygen atoms in total. The van der Waals surface area contributed by atoms with Gasteiger partial charge >= 0.3 is 6.08 Å². The summed E-state index contributed by atoms with van der Waals surface area (Å²) in [5.74, 6) is 0. The number of rotatable bonds is 6. The van der Waals surface area contributed by atoms with Crippen molar-refractivity contribution in [2.75, 3.05) is 6.54 Å². The average molecular weight is 212 g/mol. The van der Waals surface area contributed by atoms with E-state index in [2.05, 4.69) is 24.1 Å². The van der Waals surface area contributed by atoms with Crippen LogP contribution in [0.25, 0.3) is 0 Å². The summed E-state index contributed by atoms with van der Waals surface area (Å²) < 4.78 is 10.8. The zero-order valence-corrected chi connectivity index (χ0v) is 9.96. The zero-order valence-electron chi connectivity index (χ0n) is 9.96. The highest BCUT2D eigenvalue weighted by atomic mass is 16.6. The van der Waals surface area contributed by atoms with Crippen molar-refractivity contribution in [1.29, 1.82) is 0 Å². The summed E-state index contributed by atoms with van der Waals surface area (Å²) in [5.41, 5.74) is 0.652. The van der Waals surface area contributed by atoms with Crippen molar-refractivity contribution in [2.45, 2.75) is 46.3 Å². The minimum atomic E-state index is -0.222. The van der Waals surface area contributed by atoms with E-state index in [9.17, 15) is 0 Å². The van der Waals surface area contributed by atoms with Crippen molar-refractivity contribution in [3.05, 3.63) is 12.0 Å². The Morgan fingerprint density at radius 2 is 2.20 bits per heavy atom. The molecule has 0 aliphatic heterocycles. The van der Waals surface area contributed by atoms with E-state index in [1.807, 2.05) is 13.8 Å². The van der Waals surface area contributed by atoms with Gasteiger partial charge in [-0.15, -0.1) is 0 Å². The smallest absolute Gasteiger partial charge is 0.394 e. The van der Waals surface area contributed by atoms with E-state index in [4.69, 9.17) is 9.15 Å². The molecule has 0 radical (unpaired) electrons. The van der Waals surface area contributed by atoms with Crippen molar-refractivity contribution in [3.63, 3.8) is 0 Å². The third kappa shape index (κ3) is 3.91. The lowest BCUT2D eigenvalue weighted by Gasteiger charge is -2.21. The first kappa shape index (κ1) is 12.0. The predicted molar refractivity (Wildman–Crippen MR) is 58.9 cm³/mol. The van der Waals surface area contributed by atoms with E-state index in [0.717, 1.165) is 25.2 Å². The molecule has 0 saturated heterocycles. The van der Waals surface area contributed by atoms with Crippen LogP contribution in [0.4, 0.5) is 0 Å². The number of nitrogens with one attached hydrogen (secondary N) is 1. The molecule has 86 valence electrons. The Bertz CT molecular complexity index is 295. The molecule has 1 N–H and O–H groups in total. The first-order chi connectivity index (χ1) is 7.07. The fraction of sp³-hybridized carbons (Fsp3) is 0.727. The van der Waals surface area contributed by atoms with Crippen LogP contribution in [0, 0.1) is 0 Å². The van der Waals surface area contributed by atoms with Gasteiger partial charge in [0, 0.05) is 6.54 Å². The predicted octanol–water partition coefficient (Wildman–Crippen LogP) is 2.35. The number of ether oxygens (including phenoxy) is 1. The number of nitrogens with zero attached hydrogens (tertiary/aromatic N) is 1. The number of oxazole rings is 1. The molecule has 1 heterocycles. The molecule has 1 aromatic heterocycles. The molecular weight excluding hydrogens is 192 g/mol. The van der Waals surface area contributed by atoms with Gasteiger partial charge in [-0.3, -0.25) is 0 Å². The SMILES string of the molecule is CCNCc1coc(OC(C)(C)CC)n1. The average Bonchev–Trinajstić information content (AvgIpc) is 2.62. The second kappa shape index (κ2) is 5.16. The molecule has 0 unspecified atom stereocenters. The minimum Gasteiger partial charge on any atom is -0.444 e. The standard InChI is InChI=1S/C11H20N2O2/c1-5-11(3,4)15-10-13-9(8-14-10)7-12-6-2/h8,12H,5-7H2,1-4H3. The van der Waals surface area contributed by atoms with Crippen LogP contribution in [0.15, 0.2) is 10.7 Å². The summed E-state index contributed by atoms with van der Waals surface area (Å²) in [5, 5.41) is 3.18. The van der Waals surface area contributed by atoms with Crippen molar-refractivity contribution in [2.24, 2.45) is 0 Å². The molecule has 1 aromatic rings. The van der Waals surface area contributed by atoms with Gasteiger partial charge in [-0.25, -0.2) is 0 Å². The first-order valence-electron chi connectivity index (χ1n) is 5.41. The van der Waals surface area contributed by atoms with Crippen molar-refractivity contribution >= 4 is 0 Å². The van der Waals surface area contributed by atoms with E-state index in [1.165, 1.54) is 0 Å². The second-order valence-electron chi connectivity index (χ2n) is 4.10. The molecule has 0 aromatic carbocycles. The number of hydrogen-bond donors (Lipinski definition) is 1. The summed E-state index contributed by atoms with van der Waals surface area (Å²) >= 11 is 0. The van der Waals surface area contributed by atoms with Gasteiger partial charge in [0.05, 0.1) is 5.69 Å². The lowest BCUT2D eigenvalue weighted by Crippen LogP contribution is -2.26. The van der Waals surface area contributed by atoms with Crippen LogP contribution in [0.5, 0.6) is 6.08 Å². The molecule has 0 bridgehead atoms. The number of aromatic nitrogens is 1. The zero-order chi connectivity index (χ0) is 11.3. The highest BCUT2D eigenvalue weighted by Crippen LogP contribution is 2.19. The summed E-state index contributed by atoms with van der Waals surface area (Å²) in [7, 11) is 0. The van der Waals surface area contributed by atoms with Crippen LogP contribution in [0.1, 0.15) is 39.8 Å². The van der Waals surface area contributed by atoms with Crippen LogP contribution >= 0.6 is 0 Å². The van der Waals surface area contributed by atoms with E-state index in [0.29, 0.717) is 6.08 Å². The summed E-state index contributed by atoms with van der Waals surface area (Å²) in [6.45, 7) is 9.79. The summed E-state index contributed by atoms with van der Waals surface area (Å²) in [4.78, 5) is 4.23. The summed E-state index contributed by atoms with van der Waals surface area (Å²) in [6.07, 6.45) is 2.90. The molecule has 0 spiro atoms. The van der Waals surface area contributed by atoms with Gasteiger partial charge < -0.3 is 14.5 Å². The molecule has 1 rings (SSSR count). The largest absolute Gasteiger partial charge is 0.444 e. The Labute approximate surface area is 91.0 Å². The Kier molecular flexibility index (Phi) is 4.15. The van der Waals surface area contributed by atoms with E-state index in [-0.39, 0.29) is 5.60 Å². The lowest BCUT2D eigenvalue weighted by atomic mass is 10.1. The van der Waals surface area contributed by atoms with Gasteiger partial charge in [-0.1, -0.05) is 13.8 Å². The van der Waals surface area contributed by atoms with Crippen LogP contribution < -0.4 is 10.1 Å². The second-order valence-corrected chi connectivity index (χ2v) is 4.10. The molecule has 0 amide bonds. The maximum absolute atomic E-state index is 5.61. The van der Waals surface area contributed by atoms with Gasteiger partial charge in [0.15, 0.2) is 0 Å². The van der Waals surface area contributed by atoms with Crippen LogP contribution in [-0.2, 0) is 6.54 Å². The molecule has 0 atom stereocenters. The maximum atomic E-state index is 5.61. The molecule has 0 fully saturated rings. The molecule has 0 aliphatic rings. The van der Waals surface area contributed by atoms with Crippen LogP contribution in [0.3, 0.4) is 0 Å². The molecule has 4 heteroatoms. The van der Waals surface area contributed by atoms with Crippen LogP contribution in [0.2, 0.25) is 0 Å². The van der Waals surface area contributed by atoms with Crippen molar-refractivity contribution < 1.29 is 9.15 Å². The van der Waals surface area contributed by atoms with E-state index < -0.39 is 0 Å². The molecule has 0 saturated carbocycles. The molecule has 0 aliphatic carbocycles. The summed E-state index contributed by atoms with van der Waals surface area (Å²) in [6, 6.07) is 0. The van der Waals surface area contributed by atoms with E-state index >= 15 is 0 Å². The monoisotopic (exact) mass is 212 g/mol. The minimum absolute atomic E-state index is 0.222. The Morgan fingerprint density at radius 3 is 2.80 bits per heavy atom. The molecular formula is C11H20N2O2. The molecule has 15 heavy (non-hydrogen) atoms.